The van der Waals surface area contributed by atoms with E-state index in [4.69, 9.17) is 4.74 Å². The largest absolute Gasteiger partial charge is 0.461 e. The third-order valence-electron chi connectivity index (χ3n) is 4.80. The number of carbonyl (C=O) groups is 1. The molecule has 1 aromatic rings. The molecule has 0 unspecified atom stereocenters. The second kappa shape index (κ2) is 7.81. The first-order chi connectivity index (χ1) is 11.6. The highest BCUT2D eigenvalue weighted by Crippen LogP contribution is 2.29. The smallest absolute Gasteiger partial charge is 0.250 e. The summed E-state index contributed by atoms with van der Waals surface area (Å²) in [6, 6.07) is 7.84. The molecule has 1 amide bonds. The Bertz CT molecular complexity index is 619. The van der Waals surface area contributed by atoms with Gasteiger partial charge in [-0.05, 0) is 44.4 Å². The normalized spacial score (nSPS) is 18.9. The summed E-state index contributed by atoms with van der Waals surface area (Å²) in [5.74, 6) is 1.51. The van der Waals surface area contributed by atoms with Crippen molar-refractivity contribution in [2.45, 2.75) is 38.7 Å². The van der Waals surface area contributed by atoms with Crippen LogP contribution in [0.3, 0.4) is 0 Å². The van der Waals surface area contributed by atoms with Crippen molar-refractivity contribution in [1.29, 1.82) is 0 Å². The number of carbonyl (C=O) groups excluding carboxylic acids is 1. The zero-order chi connectivity index (χ0) is 16.9. The minimum absolute atomic E-state index is 0.0314. The van der Waals surface area contributed by atoms with Gasteiger partial charge >= 0.3 is 0 Å². The maximum atomic E-state index is 12.4. The second-order valence-corrected chi connectivity index (χ2v) is 6.60. The first-order valence-corrected chi connectivity index (χ1v) is 8.77. The van der Waals surface area contributed by atoms with E-state index in [1.165, 1.54) is 0 Å². The number of para-hydroxylation sites is 1. The molecule has 0 atom stereocenters. The van der Waals surface area contributed by atoms with E-state index in [9.17, 15) is 9.90 Å². The number of nitrogens with one attached hydrogen (secondary N) is 1. The maximum absolute atomic E-state index is 12.4. The number of rotatable bonds is 5. The highest BCUT2D eigenvalue weighted by Gasteiger charge is 2.22. The first kappa shape index (κ1) is 17.0. The third-order valence-corrected chi connectivity index (χ3v) is 4.80. The number of aliphatic hydroxyl groups is 1. The second-order valence-electron chi connectivity index (χ2n) is 6.60. The lowest BCUT2D eigenvalue weighted by Gasteiger charge is -2.29. The lowest BCUT2D eigenvalue weighted by atomic mass is 10.00. The summed E-state index contributed by atoms with van der Waals surface area (Å²) in [5.41, 5.74) is 1.77. The van der Waals surface area contributed by atoms with Gasteiger partial charge in [0.25, 0.3) is 5.91 Å². The number of likely N-dealkylation sites (tertiary alicyclic amines) is 1. The van der Waals surface area contributed by atoms with Gasteiger partial charge in [-0.3, -0.25) is 4.79 Å². The van der Waals surface area contributed by atoms with Crippen molar-refractivity contribution in [3.8, 4) is 5.75 Å². The van der Waals surface area contributed by atoms with Crippen molar-refractivity contribution < 1.29 is 14.6 Å². The minimum atomic E-state index is -0.134. The van der Waals surface area contributed by atoms with Crippen LogP contribution in [0.1, 0.15) is 31.7 Å². The average Bonchev–Trinajstić information content (AvgIpc) is 2.59. The summed E-state index contributed by atoms with van der Waals surface area (Å²) in [6.07, 6.45) is 3.12. The van der Waals surface area contributed by atoms with Crippen LogP contribution in [0.2, 0.25) is 0 Å². The van der Waals surface area contributed by atoms with Gasteiger partial charge in [0.1, 0.15) is 11.5 Å². The molecule has 1 saturated heterocycles. The summed E-state index contributed by atoms with van der Waals surface area (Å²) in [6.45, 7) is 5.37. The number of piperidine rings is 1. The number of nitrogens with zero attached hydrogens (tertiary/aromatic N) is 1. The van der Waals surface area contributed by atoms with Crippen LogP contribution in [0.5, 0.6) is 5.75 Å². The van der Waals surface area contributed by atoms with Gasteiger partial charge in [-0.15, -0.1) is 0 Å². The predicted octanol–water partition coefficient (Wildman–Crippen LogP) is 1.86. The van der Waals surface area contributed by atoms with E-state index >= 15 is 0 Å². The third kappa shape index (κ3) is 4.16. The zero-order valence-electron chi connectivity index (χ0n) is 14.3. The molecule has 3 rings (SSSR count). The fourth-order valence-corrected chi connectivity index (χ4v) is 3.29. The van der Waals surface area contributed by atoms with Crippen molar-refractivity contribution in [1.82, 2.24) is 10.2 Å². The van der Waals surface area contributed by atoms with Crippen LogP contribution in [-0.2, 0) is 11.2 Å². The number of fused-ring (bicyclic) bond motifs is 1. The van der Waals surface area contributed by atoms with Crippen LogP contribution in [0.15, 0.2) is 35.6 Å². The SMILES string of the molecule is CC1=C(C(=O)NCCCN2CCC(O)CC2)Cc2ccccc2O1. The Kier molecular flexibility index (Phi) is 5.53. The number of allylic oxidation sites excluding steroid dienone is 1. The van der Waals surface area contributed by atoms with Gasteiger partial charge in [0.15, 0.2) is 0 Å². The Morgan fingerprint density at radius 1 is 1.33 bits per heavy atom. The van der Waals surface area contributed by atoms with Gasteiger partial charge in [-0.25, -0.2) is 0 Å². The van der Waals surface area contributed by atoms with Crippen LogP contribution in [0, 0.1) is 0 Å². The summed E-state index contributed by atoms with van der Waals surface area (Å²) in [4.78, 5) is 14.8. The van der Waals surface area contributed by atoms with Crippen molar-refractivity contribution >= 4 is 5.91 Å². The van der Waals surface area contributed by atoms with E-state index in [0.29, 0.717) is 18.7 Å². The molecular formula is C19H26N2O3. The van der Waals surface area contributed by atoms with Gasteiger partial charge < -0.3 is 20.1 Å². The van der Waals surface area contributed by atoms with E-state index in [-0.39, 0.29) is 12.0 Å². The van der Waals surface area contributed by atoms with Crippen LogP contribution in [0.25, 0.3) is 0 Å². The summed E-state index contributed by atoms with van der Waals surface area (Å²) in [5, 5.41) is 12.5. The topological polar surface area (TPSA) is 61.8 Å². The first-order valence-electron chi connectivity index (χ1n) is 8.77. The van der Waals surface area contributed by atoms with Crippen molar-refractivity contribution in [2.24, 2.45) is 0 Å². The number of hydrogen-bond donors (Lipinski definition) is 2. The van der Waals surface area contributed by atoms with Crippen LogP contribution < -0.4 is 10.1 Å². The van der Waals surface area contributed by atoms with Crippen LogP contribution in [-0.4, -0.2) is 48.2 Å². The summed E-state index contributed by atoms with van der Waals surface area (Å²) in [7, 11) is 0. The monoisotopic (exact) mass is 330 g/mol. The molecule has 2 aliphatic heterocycles. The van der Waals surface area contributed by atoms with Crippen molar-refractivity contribution in [3.05, 3.63) is 41.2 Å². The number of hydrogen-bond acceptors (Lipinski definition) is 4. The molecule has 0 bridgehead atoms. The average molecular weight is 330 g/mol. The molecule has 1 aromatic carbocycles. The summed E-state index contributed by atoms with van der Waals surface area (Å²) < 4.78 is 5.76. The van der Waals surface area contributed by atoms with Crippen LogP contribution >= 0.6 is 0 Å². The molecule has 2 aliphatic rings. The lowest BCUT2D eigenvalue weighted by Crippen LogP contribution is -2.38. The number of ether oxygens (including phenoxy) is 1. The Labute approximate surface area is 143 Å². The minimum Gasteiger partial charge on any atom is -0.461 e. The van der Waals surface area contributed by atoms with Gasteiger partial charge in [0.05, 0.1) is 11.7 Å². The predicted molar refractivity (Wildman–Crippen MR) is 92.8 cm³/mol. The molecule has 0 radical (unpaired) electrons. The fraction of sp³-hybridized carbons (Fsp3) is 0.526. The van der Waals surface area contributed by atoms with E-state index < -0.39 is 0 Å². The number of amides is 1. The van der Waals surface area contributed by atoms with E-state index in [1.54, 1.807) is 0 Å². The number of aliphatic hydroxyl groups excluding tert-OH is 1. The Morgan fingerprint density at radius 2 is 2.08 bits per heavy atom. The molecule has 0 saturated carbocycles. The quantitative estimate of drug-likeness (QED) is 0.809. The molecule has 2 N–H and O–H groups in total. The summed E-state index contributed by atoms with van der Waals surface area (Å²) >= 11 is 0. The van der Waals surface area contributed by atoms with Gasteiger partial charge in [-0.2, -0.15) is 0 Å². The van der Waals surface area contributed by atoms with Gasteiger partial charge in [-0.1, -0.05) is 18.2 Å². The van der Waals surface area contributed by atoms with E-state index in [1.807, 2.05) is 31.2 Å². The molecule has 1 fully saturated rings. The molecule has 130 valence electrons. The zero-order valence-corrected chi connectivity index (χ0v) is 14.3. The van der Waals surface area contributed by atoms with E-state index in [2.05, 4.69) is 10.2 Å². The molecule has 2 heterocycles. The Hall–Kier alpha value is -1.85. The van der Waals surface area contributed by atoms with Gasteiger partial charge in [0.2, 0.25) is 0 Å². The highest BCUT2D eigenvalue weighted by molar-refractivity contribution is 5.94. The molecule has 0 spiro atoms. The Morgan fingerprint density at radius 3 is 2.88 bits per heavy atom. The van der Waals surface area contributed by atoms with E-state index in [0.717, 1.165) is 55.8 Å². The molecule has 5 heteroatoms. The van der Waals surface area contributed by atoms with Crippen LogP contribution in [0.4, 0.5) is 0 Å². The Balaban J connectivity index is 1.44. The number of benzene rings is 1. The molecule has 5 nitrogen and oxygen atoms in total. The highest BCUT2D eigenvalue weighted by atomic mass is 16.5. The standard InChI is InChI=1S/C19H26N2O3/c1-14-17(13-15-5-2-3-6-18(15)24-14)19(23)20-9-4-10-21-11-7-16(22)8-12-21/h2-3,5-6,16,22H,4,7-13H2,1H3,(H,20,23). The van der Waals surface area contributed by atoms with Crippen molar-refractivity contribution in [3.63, 3.8) is 0 Å². The molecule has 0 aromatic heterocycles. The van der Waals surface area contributed by atoms with Crippen molar-refractivity contribution in [2.75, 3.05) is 26.2 Å². The fourth-order valence-electron chi connectivity index (χ4n) is 3.29. The maximum Gasteiger partial charge on any atom is 0.250 e. The molecule has 24 heavy (non-hydrogen) atoms. The molecule has 0 aliphatic carbocycles. The lowest BCUT2D eigenvalue weighted by molar-refractivity contribution is -0.117. The van der Waals surface area contributed by atoms with Gasteiger partial charge in [0, 0.05) is 26.1 Å². The molecular weight excluding hydrogens is 304 g/mol.